The van der Waals surface area contributed by atoms with E-state index in [1.165, 1.54) is 11.3 Å². The maximum absolute atomic E-state index is 11.9. The van der Waals surface area contributed by atoms with Crippen molar-refractivity contribution in [2.45, 2.75) is 19.1 Å². The predicted molar refractivity (Wildman–Crippen MR) is 76.6 cm³/mol. The van der Waals surface area contributed by atoms with Crippen LogP contribution in [-0.4, -0.2) is 39.7 Å². The first-order valence-corrected chi connectivity index (χ1v) is 8.00. The van der Waals surface area contributed by atoms with Crippen LogP contribution in [0.25, 0.3) is 0 Å². The summed E-state index contributed by atoms with van der Waals surface area (Å²) < 4.78 is 11.2. The van der Waals surface area contributed by atoms with Crippen molar-refractivity contribution in [3.63, 3.8) is 0 Å². The Kier molecular flexibility index (Phi) is 5.54. The fourth-order valence-electron chi connectivity index (χ4n) is 1.16. The number of thiazole rings is 1. The first-order valence-electron chi connectivity index (χ1n) is 5.56. The minimum atomic E-state index is -0.957. The Labute approximate surface area is 113 Å². The van der Waals surface area contributed by atoms with E-state index in [1.54, 1.807) is 6.26 Å². The molecular weight excluding hydrogens is 272 g/mol. The summed E-state index contributed by atoms with van der Waals surface area (Å²) in [6.45, 7) is 4.84. The van der Waals surface area contributed by atoms with E-state index in [1.807, 2.05) is 13.8 Å². The summed E-state index contributed by atoms with van der Waals surface area (Å²) in [5, 5.41) is 6.26. The van der Waals surface area contributed by atoms with Gasteiger partial charge in [0.25, 0.3) is 5.91 Å². The zero-order chi connectivity index (χ0) is 13.7. The van der Waals surface area contributed by atoms with E-state index in [-0.39, 0.29) is 17.0 Å². The van der Waals surface area contributed by atoms with E-state index in [0.29, 0.717) is 16.6 Å². The molecule has 4 N–H and O–H groups in total. The van der Waals surface area contributed by atoms with E-state index in [2.05, 4.69) is 15.6 Å². The van der Waals surface area contributed by atoms with Gasteiger partial charge in [-0.2, -0.15) is 0 Å². The molecule has 1 amide bonds. The first-order chi connectivity index (χ1) is 8.45. The highest BCUT2D eigenvalue weighted by atomic mass is 32.2. The SMILES string of the molecule is CCNc1nc(N)c(C(=O)NCC(C)S(C)=O)s1. The number of aromatic nitrogens is 1. The van der Waals surface area contributed by atoms with Crippen LogP contribution in [0, 0.1) is 0 Å². The number of hydrogen-bond acceptors (Lipinski definition) is 6. The lowest BCUT2D eigenvalue weighted by atomic mass is 10.4. The van der Waals surface area contributed by atoms with Crippen LogP contribution in [0.4, 0.5) is 10.9 Å². The van der Waals surface area contributed by atoms with E-state index in [0.717, 1.165) is 6.54 Å². The Morgan fingerprint density at radius 1 is 1.61 bits per heavy atom. The number of nitrogens with zero attached hydrogens (tertiary/aromatic N) is 1. The molecule has 0 fully saturated rings. The molecule has 1 aromatic heterocycles. The number of amides is 1. The average Bonchev–Trinajstić information content (AvgIpc) is 2.67. The first kappa shape index (κ1) is 14.9. The highest BCUT2D eigenvalue weighted by molar-refractivity contribution is 7.84. The van der Waals surface area contributed by atoms with Gasteiger partial charge in [0.05, 0.1) is 0 Å². The molecule has 1 rings (SSSR count). The predicted octanol–water partition coefficient (Wildman–Crippen LogP) is 0.654. The summed E-state index contributed by atoms with van der Waals surface area (Å²) in [5.41, 5.74) is 5.68. The highest BCUT2D eigenvalue weighted by Gasteiger charge is 2.17. The third kappa shape index (κ3) is 3.95. The molecule has 0 saturated heterocycles. The van der Waals surface area contributed by atoms with Crippen LogP contribution in [0.1, 0.15) is 23.5 Å². The molecule has 2 atom stereocenters. The molecular formula is C10H18N4O2S2. The Morgan fingerprint density at radius 3 is 2.83 bits per heavy atom. The van der Waals surface area contributed by atoms with Gasteiger partial charge in [0, 0.05) is 35.4 Å². The third-order valence-corrected chi connectivity index (χ3v) is 4.63. The second-order valence-electron chi connectivity index (χ2n) is 3.78. The number of carbonyl (C=O) groups excluding carboxylic acids is 1. The molecule has 0 aliphatic rings. The van der Waals surface area contributed by atoms with Crippen LogP contribution < -0.4 is 16.4 Å². The third-order valence-electron chi connectivity index (χ3n) is 2.30. The van der Waals surface area contributed by atoms with E-state index >= 15 is 0 Å². The average molecular weight is 290 g/mol. The fraction of sp³-hybridized carbons (Fsp3) is 0.600. The summed E-state index contributed by atoms with van der Waals surface area (Å²) in [6.07, 6.45) is 1.61. The van der Waals surface area contributed by atoms with Crippen molar-refractivity contribution >= 4 is 39.0 Å². The van der Waals surface area contributed by atoms with Gasteiger partial charge in [-0.25, -0.2) is 4.98 Å². The maximum atomic E-state index is 11.9. The summed E-state index contributed by atoms with van der Waals surface area (Å²) in [4.78, 5) is 16.3. The smallest absolute Gasteiger partial charge is 0.265 e. The van der Waals surface area contributed by atoms with Crippen LogP contribution in [-0.2, 0) is 10.8 Å². The molecule has 0 saturated carbocycles. The van der Waals surface area contributed by atoms with Gasteiger partial charge in [-0.1, -0.05) is 11.3 Å². The molecule has 102 valence electrons. The van der Waals surface area contributed by atoms with Gasteiger partial charge in [0.2, 0.25) is 0 Å². The molecule has 0 radical (unpaired) electrons. The van der Waals surface area contributed by atoms with Crippen LogP contribution in [0.5, 0.6) is 0 Å². The summed E-state index contributed by atoms with van der Waals surface area (Å²) >= 11 is 1.22. The Balaban J connectivity index is 2.64. The topological polar surface area (TPSA) is 97.1 Å². The second kappa shape index (κ2) is 6.69. The van der Waals surface area contributed by atoms with Crippen molar-refractivity contribution in [2.24, 2.45) is 0 Å². The van der Waals surface area contributed by atoms with Gasteiger partial charge in [-0.3, -0.25) is 9.00 Å². The van der Waals surface area contributed by atoms with Crippen molar-refractivity contribution in [1.29, 1.82) is 0 Å². The fourth-order valence-corrected chi connectivity index (χ4v) is 2.34. The molecule has 0 spiro atoms. The molecule has 0 aliphatic heterocycles. The van der Waals surface area contributed by atoms with Gasteiger partial charge in [0.15, 0.2) is 5.13 Å². The molecule has 8 heteroatoms. The number of hydrogen-bond donors (Lipinski definition) is 3. The maximum Gasteiger partial charge on any atom is 0.265 e. The van der Waals surface area contributed by atoms with Gasteiger partial charge in [-0.15, -0.1) is 0 Å². The lowest BCUT2D eigenvalue weighted by molar-refractivity contribution is 0.0959. The van der Waals surface area contributed by atoms with Crippen molar-refractivity contribution < 1.29 is 9.00 Å². The number of carbonyl (C=O) groups is 1. The van der Waals surface area contributed by atoms with E-state index in [9.17, 15) is 9.00 Å². The summed E-state index contributed by atoms with van der Waals surface area (Å²) in [5.74, 6) is -0.0508. The van der Waals surface area contributed by atoms with Crippen molar-refractivity contribution in [3.05, 3.63) is 4.88 Å². The molecule has 2 unspecified atom stereocenters. The Morgan fingerprint density at radius 2 is 2.28 bits per heavy atom. The number of nitrogen functional groups attached to an aromatic ring is 1. The summed E-state index contributed by atoms with van der Waals surface area (Å²) in [6, 6.07) is 0. The number of nitrogens with one attached hydrogen (secondary N) is 2. The van der Waals surface area contributed by atoms with Gasteiger partial charge in [0.1, 0.15) is 10.7 Å². The molecule has 1 aromatic rings. The zero-order valence-corrected chi connectivity index (χ0v) is 12.3. The lowest BCUT2D eigenvalue weighted by Gasteiger charge is -2.08. The number of anilines is 2. The Hall–Kier alpha value is -1.15. The van der Waals surface area contributed by atoms with Crippen molar-refractivity contribution in [2.75, 3.05) is 30.4 Å². The van der Waals surface area contributed by atoms with Crippen LogP contribution in [0.15, 0.2) is 0 Å². The molecule has 18 heavy (non-hydrogen) atoms. The van der Waals surface area contributed by atoms with Crippen molar-refractivity contribution in [3.8, 4) is 0 Å². The van der Waals surface area contributed by atoms with Crippen molar-refractivity contribution in [1.82, 2.24) is 10.3 Å². The minimum absolute atomic E-state index is 0.0867. The molecule has 1 heterocycles. The van der Waals surface area contributed by atoms with Crippen LogP contribution in [0.2, 0.25) is 0 Å². The lowest BCUT2D eigenvalue weighted by Crippen LogP contribution is -2.32. The zero-order valence-electron chi connectivity index (χ0n) is 10.6. The van der Waals surface area contributed by atoms with Crippen LogP contribution in [0.3, 0.4) is 0 Å². The number of nitrogens with two attached hydrogens (primary N) is 1. The minimum Gasteiger partial charge on any atom is -0.382 e. The molecule has 6 nitrogen and oxygen atoms in total. The van der Waals surface area contributed by atoms with E-state index < -0.39 is 10.8 Å². The van der Waals surface area contributed by atoms with E-state index in [4.69, 9.17) is 5.73 Å². The second-order valence-corrected chi connectivity index (χ2v) is 6.58. The van der Waals surface area contributed by atoms with Gasteiger partial charge >= 0.3 is 0 Å². The highest BCUT2D eigenvalue weighted by Crippen LogP contribution is 2.24. The largest absolute Gasteiger partial charge is 0.382 e. The summed E-state index contributed by atoms with van der Waals surface area (Å²) in [7, 11) is -0.957. The monoisotopic (exact) mass is 290 g/mol. The Bertz CT molecular complexity index is 447. The molecule has 0 bridgehead atoms. The standard InChI is InChI=1S/C10H18N4O2S2/c1-4-12-10-14-8(11)7(17-10)9(15)13-5-6(2)18(3)16/h6H,4-5,11H2,1-3H3,(H,12,14)(H,13,15). The van der Waals surface area contributed by atoms with Crippen LogP contribution >= 0.6 is 11.3 Å². The van der Waals surface area contributed by atoms with Gasteiger partial charge < -0.3 is 16.4 Å². The quantitative estimate of drug-likeness (QED) is 0.715. The molecule has 0 aromatic carbocycles. The van der Waals surface area contributed by atoms with Gasteiger partial charge in [-0.05, 0) is 13.8 Å². The normalized spacial score (nSPS) is 13.9. The number of rotatable bonds is 6. The molecule has 0 aliphatic carbocycles.